The largest absolute Gasteiger partial charge is 0.389 e. The Kier molecular flexibility index (Phi) is 4.07. The number of hydrogen-bond acceptors (Lipinski definition) is 7. The summed E-state index contributed by atoms with van der Waals surface area (Å²) in [6.45, 7) is 2.07. The van der Waals surface area contributed by atoms with Crippen molar-refractivity contribution in [1.29, 1.82) is 0 Å². The first kappa shape index (κ1) is 19.8. The zero-order chi connectivity index (χ0) is 21.5. The van der Waals surface area contributed by atoms with Crippen LogP contribution in [0.15, 0.2) is 24.3 Å². The second-order valence-electron chi connectivity index (χ2n) is 8.51. The van der Waals surface area contributed by atoms with E-state index >= 15 is 0 Å². The van der Waals surface area contributed by atoms with Gasteiger partial charge in [0.2, 0.25) is 5.95 Å². The topological polar surface area (TPSA) is 104 Å². The summed E-state index contributed by atoms with van der Waals surface area (Å²) < 4.78 is 51.9. The second-order valence-corrected chi connectivity index (χ2v) is 10.6. The molecule has 7 nitrogen and oxygen atoms in total. The predicted octanol–water partition coefficient (Wildman–Crippen LogP) is 1.37. The van der Waals surface area contributed by atoms with Crippen molar-refractivity contribution in [3.8, 4) is 11.3 Å². The highest BCUT2D eigenvalue weighted by Crippen LogP contribution is 2.45. The summed E-state index contributed by atoms with van der Waals surface area (Å²) >= 11 is 0. The molecule has 0 unspecified atom stereocenters. The van der Waals surface area contributed by atoms with Gasteiger partial charge in [0.15, 0.2) is 9.84 Å². The third-order valence-electron chi connectivity index (χ3n) is 6.33. The molecule has 160 valence electrons. The van der Waals surface area contributed by atoms with Crippen molar-refractivity contribution in [2.75, 3.05) is 23.0 Å². The van der Waals surface area contributed by atoms with E-state index in [1.807, 2.05) is 0 Å². The summed E-state index contributed by atoms with van der Waals surface area (Å²) in [5.74, 6) is -3.53. The number of anilines is 1. The molecule has 1 aromatic heterocycles. The Balaban J connectivity index is 1.55. The van der Waals surface area contributed by atoms with Gasteiger partial charge in [-0.05, 0) is 18.9 Å². The van der Waals surface area contributed by atoms with Crippen LogP contribution in [0.3, 0.4) is 0 Å². The van der Waals surface area contributed by atoms with E-state index in [0.717, 1.165) is 0 Å². The molecule has 2 aliphatic heterocycles. The molecule has 0 spiro atoms. The molecule has 5 rings (SSSR count). The maximum atomic E-state index is 14.5. The van der Waals surface area contributed by atoms with Crippen LogP contribution < -0.4 is 4.90 Å². The summed E-state index contributed by atoms with van der Waals surface area (Å²) in [4.78, 5) is 10.4. The van der Waals surface area contributed by atoms with Crippen LogP contribution in [-0.4, -0.2) is 58.8 Å². The lowest BCUT2D eigenvalue weighted by Gasteiger charge is -2.43. The molecule has 0 amide bonds. The standard InChI is InChI=1S/C20H21F2N3O4S/c1-11-15(26)8-25(11)18-23-16(14-6-7-20(21,22)17(14)24-18)12-2-4-13(5-3-12)19(27)9-30(28,29)10-19/h2-5,11,15,26-27H,6-10H2,1H3/t11-,15+/m0/s1. The highest BCUT2D eigenvalue weighted by atomic mass is 32.2. The Morgan fingerprint density at radius 3 is 2.40 bits per heavy atom. The third kappa shape index (κ3) is 2.92. The molecule has 3 aliphatic rings. The first-order chi connectivity index (χ1) is 14.0. The van der Waals surface area contributed by atoms with Gasteiger partial charge in [-0.25, -0.2) is 18.4 Å². The van der Waals surface area contributed by atoms with Gasteiger partial charge in [0, 0.05) is 24.1 Å². The van der Waals surface area contributed by atoms with E-state index in [-0.39, 0.29) is 48.6 Å². The normalized spacial score (nSPS) is 27.8. The Morgan fingerprint density at radius 1 is 1.17 bits per heavy atom. The molecule has 3 heterocycles. The number of alkyl halides is 2. The number of sulfone groups is 1. The van der Waals surface area contributed by atoms with Crippen LogP contribution in [0.1, 0.15) is 30.2 Å². The molecule has 2 aromatic rings. The number of aliphatic hydroxyl groups excluding tert-OH is 1. The molecule has 2 N–H and O–H groups in total. The van der Waals surface area contributed by atoms with Crippen LogP contribution >= 0.6 is 0 Å². The first-order valence-electron chi connectivity index (χ1n) is 9.77. The van der Waals surface area contributed by atoms with Crippen molar-refractivity contribution in [1.82, 2.24) is 9.97 Å². The first-order valence-corrected chi connectivity index (χ1v) is 11.6. The van der Waals surface area contributed by atoms with Crippen molar-refractivity contribution < 1.29 is 27.4 Å². The lowest BCUT2D eigenvalue weighted by Crippen LogP contribution is -2.59. The molecule has 0 saturated carbocycles. The lowest BCUT2D eigenvalue weighted by atomic mass is 9.94. The molecule has 2 saturated heterocycles. The van der Waals surface area contributed by atoms with Gasteiger partial charge in [0.25, 0.3) is 5.92 Å². The SMILES string of the molecule is C[C@H]1[C@H](O)CN1c1nc(-c2ccc(C3(O)CS(=O)(=O)C3)cc2)c2c(n1)C(F)(F)CC2. The summed E-state index contributed by atoms with van der Waals surface area (Å²) in [6, 6.07) is 6.29. The van der Waals surface area contributed by atoms with Gasteiger partial charge in [0.1, 0.15) is 11.3 Å². The Morgan fingerprint density at radius 2 is 1.83 bits per heavy atom. The lowest BCUT2D eigenvalue weighted by molar-refractivity contribution is -0.00603. The monoisotopic (exact) mass is 437 g/mol. The van der Waals surface area contributed by atoms with Crippen molar-refractivity contribution in [2.45, 2.75) is 43.4 Å². The van der Waals surface area contributed by atoms with Crippen LogP contribution in [0, 0.1) is 0 Å². The van der Waals surface area contributed by atoms with E-state index in [2.05, 4.69) is 9.97 Å². The summed E-state index contributed by atoms with van der Waals surface area (Å²) in [5.41, 5.74) is 0.180. The molecule has 30 heavy (non-hydrogen) atoms. The Bertz CT molecular complexity index is 1130. The van der Waals surface area contributed by atoms with E-state index in [0.29, 0.717) is 22.4 Å². The average Bonchev–Trinajstić information content (AvgIpc) is 2.98. The molecule has 0 radical (unpaired) electrons. The predicted molar refractivity (Wildman–Crippen MR) is 105 cm³/mol. The minimum Gasteiger partial charge on any atom is -0.389 e. The van der Waals surface area contributed by atoms with Gasteiger partial charge in [-0.15, -0.1) is 0 Å². The number of halogens is 2. The van der Waals surface area contributed by atoms with E-state index in [1.54, 1.807) is 36.1 Å². The molecule has 0 bridgehead atoms. The number of nitrogens with zero attached hydrogens (tertiary/aromatic N) is 3. The number of β-amino-alcohol motifs (C(OH)–C–C–N with tert-alkyl or cyclic N) is 1. The van der Waals surface area contributed by atoms with Gasteiger partial charge < -0.3 is 15.1 Å². The number of rotatable bonds is 3. The number of hydrogen-bond donors (Lipinski definition) is 2. The fourth-order valence-electron chi connectivity index (χ4n) is 4.42. The fraction of sp³-hybridized carbons (Fsp3) is 0.500. The van der Waals surface area contributed by atoms with Crippen LogP contribution in [0.2, 0.25) is 0 Å². The fourth-order valence-corrected chi connectivity index (χ4v) is 6.13. The van der Waals surface area contributed by atoms with Crippen LogP contribution in [-0.2, 0) is 27.8 Å². The zero-order valence-corrected chi connectivity index (χ0v) is 17.0. The molecule has 1 aromatic carbocycles. The Labute approximate surface area is 172 Å². The number of aromatic nitrogens is 2. The highest BCUT2D eigenvalue weighted by molar-refractivity contribution is 7.92. The molecular formula is C20H21F2N3O4S. The van der Waals surface area contributed by atoms with Gasteiger partial charge in [-0.1, -0.05) is 24.3 Å². The van der Waals surface area contributed by atoms with Gasteiger partial charge in [0.05, 0.1) is 29.3 Å². The quantitative estimate of drug-likeness (QED) is 0.747. The summed E-state index contributed by atoms with van der Waals surface area (Å²) in [7, 11) is -3.22. The molecule has 2 atom stereocenters. The number of fused-ring (bicyclic) bond motifs is 1. The van der Waals surface area contributed by atoms with Crippen LogP contribution in [0.5, 0.6) is 0 Å². The number of aliphatic hydroxyl groups is 2. The van der Waals surface area contributed by atoms with Gasteiger partial charge >= 0.3 is 0 Å². The van der Waals surface area contributed by atoms with Crippen molar-refractivity contribution in [3.63, 3.8) is 0 Å². The van der Waals surface area contributed by atoms with Crippen molar-refractivity contribution >= 4 is 15.8 Å². The van der Waals surface area contributed by atoms with Gasteiger partial charge in [-0.3, -0.25) is 0 Å². The maximum Gasteiger partial charge on any atom is 0.290 e. The molecular weight excluding hydrogens is 416 g/mol. The molecule has 1 aliphatic carbocycles. The highest BCUT2D eigenvalue weighted by Gasteiger charge is 2.48. The smallest absolute Gasteiger partial charge is 0.290 e. The second kappa shape index (κ2) is 6.18. The summed E-state index contributed by atoms with van der Waals surface area (Å²) in [6.07, 6.45) is -0.730. The van der Waals surface area contributed by atoms with E-state index in [9.17, 15) is 27.4 Å². The van der Waals surface area contributed by atoms with E-state index in [1.165, 1.54) is 0 Å². The third-order valence-corrected chi connectivity index (χ3v) is 8.17. The van der Waals surface area contributed by atoms with Crippen LogP contribution in [0.25, 0.3) is 11.3 Å². The van der Waals surface area contributed by atoms with Crippen molar-refractivity contribution in [3.05, 3.63) is 41.1 Å². The minimum absolute atomic E-state index is 0.153. The van der Waals surface area contributed by atoms with Gasteiger partial charge in [-0.2, -0.15) is 8.78 Å². The summed E-state index contributed by atoms with van der Waals surface area (Å²) in [5, 5.41) is 20.3. The number of benzene rings is 1. The zero-order valence-electron chi connectivity index (χ0n) is 16.2. The minimum atomic E-state index is -3.22. The molecule has 10 heteroatoms. The van der Waals surface area contributed by atoms with E-state index < -0.39 is 27.5 Å². The average molecular weight is 437 g/mol. The van der Waals surface area contributed by atoms with Crippen molar-refractivity contribution in [2.24, 2.45) is 0 Å². The van der Waals surface area contributed by atoms with Crippen LogP contribution in [0.4, 0.5) is 14.7 Å². The molecule has 2 fully saturated rings. The Hall–Kier alpha value is -2.17. The maximum absolute atomic E-state index is 14.5. The van der Waals surface area contributed by atoms with E-state index in [4.69, 9.17) is 0 Å².